The standard InChI is InChI=1S/C18H16F3N3O3/c1-26-17(25)16-15(23)11(7-22)8-24(16)13-4-12(18(19,20)21)5-14(6-13)27-9-10-2-3-10/h4-6,8,10H,2-3,9,23H2,1H3. The summed E-state index contributed by atoms with van der Waals surface area (Å²) >= 11 is 0. The molecule has 0 saturated heterocycles. The second-order valence-corrected chi connectivity index (χ2v) is 6.25. The summed E-state index contributed by atoms with van der Waals surface area (Å²) in [5, 5.41) is 9.15. The van der Waals surface area contributed by atoms with Gasteiger partial charge in [-0.15, -0.1) is 0 Å². The van der Waals surface area contributed by atoms with E-state index in [0.717, 1.165) is 36.7 Å². The predicted molar refractivity (Wildman–Crippen MR) is 89.5 cm³/mol. The monoisotopic (exact) mass is 379 g/mol. The molecule has 0 unspecified atom stereocenters. The Morgan fingerprint density at radius 3 is 2.63 bits per heavy atom. The number of hydrogen-bond acceptors (Lipinski definition) is 5. The first kappa shape index (κ1) is 18.6. The molecule has 0 aliphatic heterocycles. The number of nitriles is 1. The summed E-state index contributed by atoms with van der Waals surface area (Å²) in [6, 6.07) is 4.93. The van der Waals surface area contributed by atoms with E-state index in [1.54, 1.807) is 6.07 Å². The number of carbonyl (C=O) groups is 1. The van der Waals surface area contributed by atoms with Gasteiger partial charge in [-0.1, -0.05) is 0 Å². The van der Waals surface area contributed by atoms with Crippen molar-refractivity contribution in [2.45, 2.75) is 19.0 Å². The number of ether oxygens (including phenoxy) is 2. The molecule has 0 radical (unpaired) electrons. The van der Waals surface area contributed by atoms with Crippen molar-refractivity contribution in [3.05, 3.63) is 41.2 Å². The average molecular weight is 379 g/mol. The molecule has 0 atom stereocenters. The predicted octanol–water partition coefficient (Wildman–Crippen LogP) is 3.53. The van der Waals surface area contributed by atoms with Crippen molar-refractivity contribution in [1.82, 2.24) is 4.57 Å². The molecule has 27 heavy (non-hydrogen) atoms. The lowest BCUT2D eigenvalue weighted by Crippen LogP contribution is -2.13. The molecule has 0 bridgehead atoms. The van der Waals surface area contributed by atoms with Crippen LogP contribution in [0.3, 0.4) is 0 Å². The first-order chi connectivity index (χ1) is 12.7. The second kappa shape index (κ2) is 6.87. The maximum Gasteiger partial charge on any atom is 0.416 e. The Bertz CT molecular complexity index is 924. The van der Waals surface area contributed by atoms with E-state index in [2.05, 4.69) is 4.74 Å². The Balaban J connectivity index is 2.13. The van der Waals surface area contributed by atoms with Crippen molar-refractivity contribution in [2.75, 3.05) is 19.5 Å². The number of halogens is 3. The topological polar surface area (TPSA) is 90.3 Å². The molecule has 1 heterocycles. The van der Waals surface area contributed by atoms with Crippen LogP contribution in [-0.2, 0) is 10.9 Å². The van der Waals surface area contributed by atoms with Gasteiger partial charge in [-0.05, 0) is 30.9 Å². The minimum atomic E-state index is -4.62. The number of alkyl halides is 3. The first-order valence-corrected chi connectivity index (χ1v) is 8.09. The SMILES string of the molecule is COC(=O)c1c(N)c(C#N)cn1-c1cc(OCC2CC2)cc(C(F)(F)F)c1. The highest BCUT2D eigenvalue weighted by Crippen LogP contribution is 2.36. The van der Waals surface area contributed by atoms with Crippen LogP contribution in [0.5, 0.6) is 5.75 Å². The molecule has 2 N–H and O–H groups in total. The fourth-order valence-corrected chi connectivity index (χ4v) is 2.59. The number of nitrogens with two attached hydrogens (primary N) is 1. The molecule has 1 aliphatic rings. The largest absolute Gasteiger partial charge is 0.493 e. The maximum absolute atomic E-state index is 13.3. The van der Waals surface area contributed by atoms with Gasteiger partial charge in [0, 0.05) is 12.3 Å². The Morgan fingerprint density at radius 1 is 1.37 bits per heavy atom. The number of hydrogen-bond donors (Lipinski definition) is 1. The van der Waals surface area contributed by atoms with Crippen molar-refractivity contribution < 1.29 is 27.4 Å². The number of benzene rings is 1. The van der Waals surface area contributed by atoms with Gasteiger partial charge >= 0.3 is 12.1 Å². The minimum Gasteiger partial charge on any atom is -0.493 e. The number of carbonyl (C=O) groups excluding carboxylic acids is 1. The molecule has 1 saturated carbocycles. The van der Waals surface area contributed by atoms with Crippen LogP contribution in [0.2, 0.25) is 0 Å². The van der Waals surface area contributed by atoms with Crippen molar-refractivity contribution in [3.8, 4) is 17.5 Å². The van der Waals surface area contributed by atoms with E-state index in [9.17, 15) is 18.0 Å². The molecule has 2 aromatic rings. The van der Waals surface area contributed by atoms with Gasteiger partial charge in [0.05, 0.1) is 36.2 Å². The van der Waals surface area contributed by atoms with Gasteiger partial charge in [0.2, 0.25) is 0 Å². The summed E-state index contributed by atoms with van der Waals surface area (Å²) in [6.07, 6.45) is -1.45. The number of nitrogen functional groups attached to an aromatic ring is 1. The van der Waals surface area contributed by atoms with Gasteiger partial charge in [-0.2, -0.15) is 18.4 Å². The van der Waals surface area contributed by atoms with E-state index >= 15 is 0 Å². The zero-order valence-electron chi connectivity index (χ0n) is 14.3. The van der Waals surface area contributed by atoms with Gasteiger partial charge in [0.1, 0.15) is 11.8 Å². The third kappa shape index (κ3) is 3.84. The maximum atomic E-state index is 13.3. The van der Waals surface area contributed by atoms with E-state index in [-0.39, 0.29) is 28.4 Å². The van der Waals surface area contributed by atoms with E-state index in [1.165, 1.54) is 12.3 Å². The van der Waals surface area contributed by atoms with Gasteiger partial charge < -0.3 is 19.8 Å². The molecular weight excluding hydrogens is 363 g/mol. The summed E-state index contributed by atoms with van der Waals surface area (Å²) in [5.74, 6) is -0.499. The molecule has 6 nitrogen and oxygen atoms in total. The van der Waals surface area contributed by atoms with Gasteiger partial charge in [0.15, 0.2) is 5.69 Å². The highest BCUT2D eigenvalue weighted by atomic mass is 19.4. The highest BCUT2D eigenvalue weighted by molar-refractivity contribution is 5.96. The van der Waals surface area contributed by atoms with Gasteiger partial charge in [0.25, 0.3) is 0 Å². The lowest BCUT2D eigenvalue weighted by molar-refractivity contribution is -0.137. The van der Waals surface area contributed by atoms with Crippen LogP contribution in [0.4, 0.5) is 18.9 Å². The van der Waals surface area contributed by atoms with Crippen molar-refractivity contribution >= 4 is 11.7 Å². The zero-order valence-corrected chi connectivity index (χ0v) is 14.3. The zero-order chi connectivity index (χ0) is 19.8. The number of rotatable bonds is 5. The Labute approximate surface area is 152 Å². The Hall–Kier alpha value is -3.15. The number of nitrogens with zero attached hydrogens (tertiary/aromatic N) is 2. The van der Waals surface area contributed by atoms with Crippen LogP contribution >= 0.6 is 0 Å². The summed E-state index contributed by atoms with van der Waals surface area (Å²) in [4.78, 5) is 12.1. The summed E-state index contributed by atoms with van der Waals surface area (Å²) in [6.45, 7) is 0.321. The molecule has 1 aromatic carbocycles. The van der Waals surface area contributed by atoms with E-state index in [1.807, 2.05) is 0 Å². The third-order valence-corrected chi connectivity index (χ3v) is 4.22. The molecule has 0 amide bonds. The highest BCUT2D eigenvalue weighted by Gasteiger charge is 2.33. The first-order valence-electron chi connectivity index (χ1n) is 8.09. The Kier molecular flexibility index (Phi) is 4.74. The lowest BCUT2D eigenvalue weighted by Gasteiger charge is -2.15. The fourth-order valence-electron chi connectivity index (χ4n) is 2.59. The lowest BCUT2D eigenvalue weighted by atomic mass is 10.1. The van der Waals surface area contributed by atoms with Gasteiger partial charge in [-0.3, -0.25) is 0 Å². The van der Waals surface area contributed by atoms with Crippen LogP contribution in [0.15, 0.2) is 24.4 Å². The molecule has 3 rings (SSSR count). The number of esters is 1. The smallest absolute Gasteiger partial charge is 0.416 e. The van der Waals surface area contributed by atoms with Crippen LogP contribution in [0, 0.1) is 17.2 Å². The number of aromatic nitrogens is 1. The van der Waals surface area contributed by atoms with E-state index in [0.29, 0.717) is 12.5 Å². The molecule has 1 fully saturated rings. The van der Waals surface area contributed by atoms with E-state index < -0.39 is 17.7 Å². The van der Waals surface area contributed by atoms with Crippen LogP contribution in [-0.4, -0.2) is 24.3 Å². The van der Waals surface area contributed by atoms with Crippen molar-refractivity contribution in [2.24, 2.45) is 5.92 Å². The van der Waals surface area contributed by atoms with E-state index in [4.69, 9.17) is 15.7 Å². The van der Waals surface area contributed by atoms with Gasteiger partial charge in [-0.25, -0.2) is 4.79 Å². The van der Waals surface area contributed by atoms with Crippen LogP contribution in [0.25, 0.3) is 5.69 Å². The normalized spacial score (nSPS) is 13.9. The fraction of sp³-hybridized carbons (Fsp3) is 0.333. The van der Waals surface area contributed by atoms with Crippen molar-refractivity contribution in [3.63, 3.8) is 0 Å². The summed E-state index contributed by atoms with van der Waals surface area (Å²) in [5.41, 5.74) is 4.42. The second-order valence-electron chi connectivity index (χ2n) is 6.25. The molecular formula is C18H16F3N3O3. The summed E-state index contributed by atoms with van der Waals surface area (Å²) in [7, 11) is 1.11. The molecule has 142 valence electrons. The molecule has 0 spiro atoms. The molecule has 9 heteroatoms. The third-order valence-electron chi connectivity index (χ3n) is 4.22. The summed E-state index contributed by atoms with van der Waals surface area (Å²) < 4.78 is 51.2. The quantitative estimate of drug-likeness (QED) is 0.803. The molecule has 1 aromatic heterocycles. The van der Waals surface area contributed by atoms with Crippen LogP contribution < -0.4 is 10.5 Å². The van der Waals surface area contributed by atoms with Crippen molar-refractivity contribution in [1.29, 1.82) is 5.26 Å². The Morgan fingerprint density at radius 2 is 2.07 bits per heavy atom. The molecule has 1 aliphatic carbocycles. The number of methoxy groups -OCH3 is 1. The van der Waals surface area contributed by atoms with Crippen LogP contribution in [0.1, 0.15) is 34.5 Å². The average Bonchev–Trinajstić information content (AvgIpc) is 3.40. The number of anilines is 1. The minimum absolute atomic E-state index is 0.00998.